The number of fused-ring (bicyclic) bond motifs is 2. The van der Waals surface area contributed by atoms with Crippen molar-refractivity contribution in [2.24, 2.45) is 0 Å². The number of hydrogen-bond acceptors (Lipinski definition) is 3. The van der Waals surface area contributed by atoms with E-state index in [1.54, 1.807) is 0 Å². The van der Waals surface area contributed by atoms with Gasteiger partial charge in [0.2, 0.25) is 0 Å². The Morgan fingerprint density at radius 3 is 2.30 bits per heavy atom. The van der Waals surface area contributed by atoms with Crippen LogP contribution in [-0.2, 0) is 4.74 Å². The van der Waals surface area contributed by atoms with Crippen molar-refractivity contribution in [3.05, 3.63) is 30.3 Å². The second-order valence-corrected chi connectivity index (χ2v) is 6.67. The second kappa shape index (κ2) is 4.69. The Hall–Kier alpha value is -1.71. The largest absolute Gasteiger partial charge is 0.444 e. The van der Waals surface area contributed by atoms with Crippen LogP contribution in [0.15, 0.2) is 30.3 Å². The first-order valence-electron chi connectivity index (χ1n) is 7.25. The van der Waals surface area contributed by atoms with Gasteiger partial charge in [-0.25, -0.2) is 4.79 Å². The van der Waals surface area contributed by atoms with Gasteiger partial charge in [-0.05, 0) is 39.3 Å². The maximum Gasteiger partial charge on any atom is 0.410 e. The standard InChI is InChI=1S/C16H22N2O2/c1-16(2,3)20-15(19)18-13-9-14(18)11-17(10-13)12-7-5-4-6-8-12/h4-8,13-14H,9-11H2,1-3H3/t13-,14-/m0/s1. The lowest BCUT2D eigenvalue weighted by molar-refractivity contribution is -0.0379. The molecule has 0 N–H and O–H groups in total. The number of hydrogen-bond donors (Lipinski definition) is 0. The number of carbonyl (C=O) groups excluding carboxylic acids is 1. The molecular formula is C16H22N2O2. The minimum atomic E-state index is -0.417. The van der Waals surface area contributed by atoms with Crippen LogP contribution in [0.1, 0.15) is 27.2 Å². The van der Waals surface area contributed by atoms with Gasteiger partial charge in [-0.1, -0.05) is 18.2 Å². The van der Waals surface area contributed by atoms with E-state index in [4.69, 9.17) is 4.74 Å². The van der Waals surface area contributed by atoms with Gasteiger partial charge < -0.3 is 9.64 Å². The molecule has 1 aromatic carbocycles. The lowest BCUT2D eigenvalue weighted by Crippen LogP contribution is -2.70. The zero-order chi connectivity index (χ0) is 14.3. The summed E-state index contributed by atoms with van der Waals surface area (Å²) < 4.78 is 5.49. The van der Waals surface area contributed by atoms with E-state index in [9.17, 15) is 4.79 Å². The molecule has 3 fully saturated rings. The van der Waals surface area contributed by atoms with Gasteiger partial charge in [0.15, 0.2) is 0 Å². The molecule has 0 spiro atoms. The maximum atomic E-state index is 12.2. The average molecular weight is 274 g/mol. The SMILES string of the molecule is CC(C)(C)OC(=O)N1[C@H]2C[C@H]1CN(c1ccccc1)C2. The molecule has 4 heteroatoms. The Morgan fingerprint density at radius 1 is 1.15 bits per heavy atom. The van der Waals surface area contributed by atoms with E-state index in [2.05, 4.69) is 29.2 Å². The number of benzene rings is 1. The van der Waals surface area contributed by atoms with Crippen molar-refractivity contribution in [3.8, 4) is 0 Å². The first-order valence-corrected chi connectivity index (χ1v) is 7.25. The lowest BCUT2D eigenvalue weighted by atomic mass is 9.87. The minimum Gasteiger partial charge on any atom is -0.444 e. The van der Waals surface area contributed by atoms with Crippen molar-refractivity contribution in [2.75, 3.05) is 18.0 Å². The third-order valence-electron chi connectivity index (χ3n) is 3.92. The molecule has 3 saturated heterocycles. The first kappa shape index (κ1) is 13.3. The van der Waals surface area contributed by atoms with Gasteiger partial charge in [0.05, 0.1) is 12.1 Å². The highest BCUT2D eigenvalue weighted by molar-refractivity contribution is 5.71. The lowest BCUT2D eigenvalue weighted by Gasteiger charge is -2.56. The van der Waals surface area contributed by atoms with E-state index in [-0.39, 0.29) is 6.09 Å². The summed E-state index contributed by atoms with van der Waals surface area (Å²) in [6, 6.07) is 11.0. The molecular weight excluding hydrogens is 252 g/mol. The molecule has 4 nitrogen and oxygen atoms in total. The fourth-order valence-electron chi connectivity index (χ4n) is 3.07. The second-order valence-electron chi connectivity index (χ2n) is 6.67. The van der Waals surface area contributed by atoms with E-state index in [1.165, 1.54) is 5.69 Å². The summed E-state index contributed by atoms with van der Waals surface area (Å²) in [4.78, 5) is 16.5. The maximum absolute atomic E-state index is 12.2. The van der Waals surface area contributed by atoms with Gasteiger partial charge in [0.1, 0.15) is 5.60 Å². The Labute approximate surface area is 120 Å². The summed E-state index contributed by atoms with van der Waals surface area (Å²) >= 11 is 0. The zero-order valence-electron chi connectivity index (χ0n) is 12.4. The molecule has 1 aromatic rings. The number of piperidine rings is 1. The third-order valence-corrected chi connectivity index (χ3v) is 3.92. The first-order chi connectivity index (χ1) is 9.44. The monoisotopic (exact) mass is 274 g/mol. The van der Waals surface area contributed by atoms with Gasteiger partial charge in [-0.2, -0.15) is 0 Å². The number of para-hydroxylation sites is 1. The summed E-state index contributed by atoms with van der Waals surface area (Å²) in [5.41, 5.74) is 0.825. The smallest absolute Gasteiger partial charge is 0.410 e. The van der Waals surface area contributed by atoms with Crippen molar-refractivity contribution < 1.29 is 9.53 Å². The van der Waals surface area contributed by atoms with E-state index in [0.29, 0.717) is 12.1 Å². The number of anilines is 1. The van der Waals surface area contributed by atoms with Crippen molar-refractivity contribution in [3.63, 3.8) is 0 Å². The number of nitrogens with zero attached hydrogens (tertiary/aromatic N) is 2. The fourth-order valence-corrected chi connectivity index (χ4v) is 3.07. The summed E-state index contributed by atoms with van der Waals surface area (Å²) in [5, 5.41) is 0. The molecule has 0 aromatic heterocycles. The topological polar surface area (TPSA) is 32.8 Å². The molecule has 0 radical (unpaired) electrons. The van der Waals surface area contributed by atoms with E-state index >= 15 is 0 Å². The van der Waals surface area contributed by atoms with E-state index in [1.807, 2.05) is 31.7 Å². The number of amides is 1. The Morgan fingerprint density at radius 2 is 1.75 bits per heavy atom. The fraction of sp³-hybridized carbons (Fsp3) is 0.562. The molecule has 2 bridgehead atoms. The van der Waals surface area contributed by atoms with Crippen LogP contribution in [0.4, 0.5) is 10.5 Å². The molecule has 1 amide bonds. The number of carbonyl (C=O) groups is 1. The predicted molar refractivity (Wildman–Crippen MR) is 78.9 cm³/mol. The molecule has 0 aliphatic carbocycles. The van der Waals surface area contributed by atoms with Gasteiger partial charge in [-0.3, -0.25) is 4.90 Å². The van der Waals surface area contributed by atoms with Crippen molar-refractivity contribution in [1.82, 2.24) is 4.90 Å². The number of rotatable bonds is 1. The van der Waals surface area contributed by atoms with Crippen LogP contribution in [0.5, 0.6) is 0 Å². The van der Waals surface area contributed by atoms with Gasteiger partial charge in [0.25, 0.3) is 0 Å². The highest BCUT2D eigenvalue weighted by Gasteiger charge is 2.48. The average Bonchev–Trinajstić information content (AvgIpc) is 2.37. The molecule has 0 saturated carbocycles. The number of ether oxygens (including phenoxy) is 1. The van der Waals surface area contributed by atoms with Crippen LogP contribution >= 0.6 is 0 Å². The van der Waals surface area contributed by atoms with E-state index in [0.717, 1.165) is 19.5 Å². The normalized spacial score (nSPS) is 25.1. The predicted octanol–water partition coefficient (Wildman–Crippen LogP) is 2.88. The van der Waals surface area contributed by atoms with Gasteiger partial charge >= 0.3 is 6.09 Å². The highest BCUT2D eigenvalue weighted by atomic mass is 16.6. The summed E-state index contributed by atoms with van der Waals surface area (Å²) in [5.74, 6) is 0. The molecule has 3 aliphatic heterocycles. The minimum absolute atomic E-state index is 0.161. The molecule has 20 heavy (non-hydrogen) atoms. The van der Waals surface area contributed by atoms with Crippen molar-refractivity contribution >= 4 is 11.8 Å². The highest BCUT2D eigenvalue weighted by Crippen LogP contribution is 2.35. The van der Waals surface area contributed by atoms with Crippen LogP contribution in [0.2, 0.25) is 0 Å². The van der Waals surface area contributed by atoms with Crippen LogP contribution in [0.3, 0.4) is 0 Å². The summed E-state index contributed by atoms with van der Waals surface area (Å²) in [6.07, 6.45) is 0.939. The molecule has 108 valence electrons. The third kappa shape index (κ3) is 2.47. The van der Waals surface area contributed by atoms with Crippen LogP contribution in [0, 0.1) is 0 Å². The number of piperazine rings is 1. The van der Waals surface area contributed by atoms with Gasteiger partial charge in [0, 0.05) is 18.8 Å². The molecule has 3 aliphatic rings. The van der Waals surface area contributed by atoms with Crippen LogP contribution in [0.25, 0.3) is 0 Å². The van der Waals surface area contributed by atoms with E-state index < -0.39 is 5.60 Å². The Kier molecular flexibility index (Phi) is 3.11. The molecule has 2 atom stereocenters. The Bertz CT molecular complexity index is 483. The van der Waals surface area contributed by atoms with Crippen molar-refractivity contribution in [1.29, 1.82) is 0 Å². The van der Waals surface area contributed by atoms with Crippen LogP contribution < -0.4 is 4.90 Å². The van der Waals surface area contributed by atoms with Crippen molar-refractivity contribution in [2.45, 2.75) is 44.9 Å². The summed E-state index contributed by atoms with van der Waals surface area (Å²) in [6.45, 7) is 7.55. The quantitative estimate of drug-likeness (QED) is 0.789. The summed E-state index contributed by atoms with van der Waals surface area (Å²) in [7, 11) is 0. The van der Waals surface area contributed by atoms with Gasteiger partial charge in [-0.15, -0.1) is 0 Å². The molecule has 3 heterocycles. The molecule has 4 rings (SSSR count). The Balaban J connectivity index is 1.64. The zero-order valence-corrected chi connectivity index (χ0v) is 12.4. The molecule has 0 unspecified atom stereocenters. The van der Waals surface area contributed by atoms with Crippen LogP contribution in [-0.4, -0.2) is 41.8 Å².